The Morgan fingerprint density at radius 2 is 1.70 bits per heavy atom. The van der Waals surface area contributed by atoms with Gasteiger partial charge in [-0.1, -0.05) is 24.3 Å². The molecule has 0 radical (unpaired) electrons. The molecule has 0 bridgehead atoms. The molecule has 0 aliphatic carbocycles. The number of anilines is 2. The van der Waals surface area contributed by atoms with Crippen LogP contribution in [0.15, 0.2) is 52.9 Å². The number of para-hydroxylation sites is 2. The zero-order chi connectivity index (χ0) is 20.3. The van der Waals surface area contributed by atoms with Gasteiger partial charge in [0.2, 0.25) is 5.91 Å². The van der Waals surface area contributed by atoms with Crippen LogP contribution in [-0.2, 0) is 11.3 Å². The smallest absolute Gasteiger partial charge is 0.298 e. The van der Waals surface area contributed by atoms with E-state index in [9.17, 15) is 4.79 Å². The monoisotopic (exact) mass is 404 g/mol. The molecular weight excluding hydrogens is 376 g/mol. The highest BCUT2D eigenvalue weighted by Gasteiger charge is 2.27. The lowest BCUT2D eigenvalue weighted by atomic mass is 9.96. The van der Waals surface area contributed by atoms with E-state index in [1.807, 2.05) is 24.3 Å². The largest absolute Gasteiger partial charge is 0.423 e. The van der Waals surface area contributed by atoms with Crippen molar-refractivity contribution in [3.05, 3.63) is 54.1 Å². The number of aromatic nitrogens is 1. The Morgan fingerprint density at radius 1 is 0.967 bits per heavy atom. The highest BCUT2D eigenvalue weighted by molar-refractivity contribution is 5.79. The summed E-state index contributed by atoms with van der Waals surface area (Å²) in [7, 11) is 0. The molecule has 3 heterocycles. The van der Waals surface area contributed by atoms with Crippen molar-refractivity contribution in [2.75, 3.05) is 36.0 Å². The first kappa shape index (κ1) is 19.0. The highest BCUT2D eigenvalue weighted by Crippen LogP contribution is 2.26. The molecule has 2 aromatic carbocycles. The summed E-state index contributed by atoms with van der Waals surface area (Å²) in [4.78, 5) is 21.8. The van der Waals surface area contributed by atoms with E-state index in [4.69, 9.17) is 4.42 Å². The van der Waals surface area contributed by atoms with Crippen LogP contribution in [0, 0.1) is 5.92 Å². The van der Waals surface area contributed by atoms with Crippen LogP contribution in [0.3, 0.4) is 0 Å². The molecule has 3 aromatic rings. The fourth-order valence-corrected chi connectivity index (χ4v) is 4.46. The first-order valence-electron chi connectivity index (χ1n) is 11.0. The van der Waals surface area contributed by atoms with E-state index in [0.717, 1.165) is 55.7 Å². The van der Waals surface area contributed by atoms with E-state index < -0.39 is 0 Å². The summed E-state index contributed by atoms with van der Waals surface area (Å²) >= 11 is 0. The third-order valence-corrected chi connectivity index (χ3v) is 6.29. The number of amides is 1. The molecule has 156 valence electrons. The number of nitrogens with zero attached hydrogens (tertiary/aromatic N) is 3. The molecule has 1 amide bonds. The quantitative estimate of drug-likeness (QED) is 0.697. The number of piperidine rings is 1. The number of benzene rings is 2. The Balaban J connectivity index is 1.11. The van der Waals surface area contributed by atoms with Gasteiger partial charge >= 0.3 is 0 Å². The van der Waals surface area contributed by atoms with Crippen LogP contribution in [0.25, 0.3) is 11.1 Å². The lowest BCUT2D eigenvalue weighted by molar-refractivity contribution is -0.125. The van der Waals surface area contributed by atoms with Crippen LogP contribution in [-0.4, -0.2) is 37.1 Å². The third-order valence-electron chi connectivity index (χ3n) is 6.29. The van der Waals surface area contributed by atoms with Gasteiger partial charge in [0, 0.05) is 44.3 Å². The molecule has 2 fully saturated rings. The SMILES string of the molecule is O=C(NCc1ccc(N2CCCC2)cc1)C1CCN(c2nc3ccccc3o2)CC1. The minimum Gasteiger partial charge on any atom is -0.423 e. The predicted molar refractivity (Wildman–Crippen MR) is 119 cm³/mol. The summed E-state index contributed by atoms with van der Waals surface area (Å²) in [5.41, 5.74) is 4.12. The van der Waals surface area contributed by atoms with Crippen LogP contribution in [0.5, 0.6) is 0 Å². The van der Waals surface area contributed by atoms with E-state index in [2.05, 4.69) is 44.4 Å². The van der Waals surface area contributed by atoms with Crippen LogP contribution >= 0.6 is 0 Å². The maximum atomic E-state index is 12.7. The molecule has 6 nitrogen and oxygen atoms in total. The molecule has 6 heteroatoms. The lowest BCUT2D eigenvalue weighted by Crippen LogP contribution is -2.40. The van der Waals surface area contributed by atoms with Crippen LogP contribution in [0.2, 0.25) is 0 Å². The van der Waals surface area contributed by atoms with E-state index in [1.165, 1.54) is 18.5 Å². The maximum absolute atomic E-state index is 12.7. The van der Waals surface area contributed by atoms with E-state index in [-0.39, 0.29) is 11.8 Å². The summed E-state index contributed by atoms with van der Waals surface area (Å²) in [6.45, 7) is 4.46. The topological polar surface area (TPSA) is 61.6 Å². The molecule has 5 rings (SSSR count). The van der Waals surface area contributed by atoms with Gasteiger partial charge in [0.15, 0.2) is 5.58 Å². The van der Waals surface area contributed by atoms with Crippen molar-refractivity contribution in [1.29, 1.82) is 0 Å². The summed E-state index contributed by atoms with van der Waals surface area (Å²) < 4.78 is 5.87. The molecular formula is C24H28N4O2. The number of fused-ring (bicyclic) bond motifs is 1. The molecule has 2 saturated heterocycles. The van der Waals surface area contributed by atoms with Crippen molar-refractivity contribution in [1.82, 2.24) is 10.3 Å². The standard InChI is InChI=1S/C24H28N4O2/c29-23(25-17-18-7-9-20(10-8-18)27-13-3-4-14-27)19-11-15-28(16-12-19)24-26-21-5-1-2-6-22(21)30-24/h1-2,5-10,19H,3-4,11-17H2,(H,25,29). The van der Waals surface area contributed by atoms with Gasteiger partial charge in [-0.2, -0.15) is 4.98 Å². The highest BCUT2D eigenvalue weighted by atomic mass is 16.4. The summed E-state index contributed by atoms with van der Waals surface area (Å²) in [6, 6.07) is 17.1. The predicted octanol–water partition coefficient (Wildman–Crippen LogP) is 3.96. The maximum Gasteiger partial charge on any atom is 0.298 e. The normalized spacial score (nSPS) is 17.6. The average molecular weight is 405 g/mol. The minimum atomic E-state index is 0.0505. The van der Waals surface area contributed by atoms with Crippen molar-refractivity contribution >= 4 is 28.7 Å². The summed E-state index contributed by atoms with van der Waals surface area (Å²) in [5, 5.41) is 3.12. The number of hydrogen-bond acceptors (Lipinski definition) is 5. The molecule has 0 saturated carbocycles. The first-order valence-corrected chi connectivity index (χ1v) is 11.0. The van der Waals surface area contributed by atoms with Crippen molar-refractivity contribution in [2.45, 2.75) is 32.2 Å². The van der Waals surface area contributed by atoms with E-state index >= 15 is 0 Å². The van der Waals surface area contributed by atoms with Crippen LogP contribution in [0.1, 0.15) is 31.2 Å². The van der Waals surface area contributed by atoms with Crippen molar-refractivity contribution < 1.29 is 9.21 Å². The number of carbonyl (C=O) groups excluding carboxylic acids is 1. The fourth-order valence-electron chi connectivity index (χ4n) is 4.46. The number of nitrogens with one attached hydrogen (secondary N) is 1. The van der Waals surface area contributed by atoms with Crippen molar-refractivity contribution in [2.24, 2.45) is 5.92 Å². The zero-order valence-corrected chi connectivity index (χ0v) is 17.2. The Hall–Kier alpha value is -3.02. The number of rotatable bonds is 5. The number of hydrogen-bond donors (Lipinski definition) is 1. The zero-order valence-electron chi connectivity index (χ0n) is 17.2. The Bertz CT molecular complexity index is 966. The van der Waals surface area contributed by atoms with E-state index in [1.54, 1.807) is 0 Å². The van der Waals surface area contributed by atoms with Gasteiger partial charge in [0.1, 0.15) is 5.52 Å². The lowest BCUT2D eigenvalue weighted by Gasteiger charge is -2.30. The van der Waals surface area contributed by atoms with Gasteiger partial charge in [0.05, 0.1) is 0 Å². The molecule has 1 aromatic heterocycles. The number of oxazole rings is 1. The second-order valence-electron chi connectivity index (χ2n) is 8.30. The van der Waals surface area contributed by atoms with Gasteiger partial charge in [0.25, 0.3) is 6.01 Å². The average Bonchev–Trinajstić information content (AvgIpc) is 3.48. The minimum absolute atomic E-state index is 0.0505. The van der Waals surface area contributed by atoms with Gasteiger partial charge in [-0.25, -0.2) is 0 Å². The van der Waals surface area contributed by atoms with Crippen LogP contribution in [0.4, 0.5) is 11.7 Å². The fraction of sp³-hybridized carbons (Fsp3) is 0.417. The van der Waals surface area contributed by atoms with Gasteiger partial charge < -0.3 is 19.5 Å². The molecule has 0 unspecified atom stereocenters. The second-order valence-corrected chi connectivity index (χ2v) is 8.30. The first-order chi connectivity index (χ1) is 14.8. The second kappa shape index (κ2) is 8.38. The molecule has 0 spiro atoms. The summed E-state index contributed by atoms with van der Waals surface area (Å²) in [6.07, 6.45) is 4.20. The molecule has 2 aliphatic heterocycles. The Kier molecular flexibility index (Phi) is 5.30. The van der Waals surface area contributed by atoms with Gasteiger partial charge in [-0.3, -0.25) is 4.79 Å². The number of carbonyl (C=O) groups is 1. The van der Waals surface area contributed by atoms with Crippen molar-refractivity contribution in [3.63, 3.8) is 0 Å². The van der Waals surface area contributed by atoms with Gasteiger partial charge in [-0.05, 0) is 55.5 Å². The Labute approximate surface area is 176 Å². The third kappa shape index (κ3) is 3.99. The van der Waals surface area contributed by atoms with Crippen LogP contribution < -0.4 is 15.1 Å². The van der Waals surface area contributed by atoms with Crippen molar-refractivity contribution in [3.8, 4) is 0 Å². The summed E-state index contributed by atoms with van der Waals surface area (Å²) in [5.74, 6) is 0.199. The Morgan fingerprint density at radius 3 is 2.43 bits per heavy atom. The molecule has 30 heavy (non-hydrogen) atoms. The molecule has 2 aliphatic rings. The van der Waals surface area contributed by atoms with E-state index in [0.29, 0.717) is 12.6 Å². The molecule has 0 atom stereocenters. The van der Waals surface area contributed by atoms with Gasteiger partial charge in [-0.15, -0.1) is 0 Å². The molecule has 1 N–H and O–H groups in total.